The largest absolute Gasteiger partial charge is 0.463 e. The Morgan fingerprint density at radius 1 is 1.16 bits per heavy atom. The van der Waals surface area contributed by atoms with Gasteiger partial charge in [-0.25, -0.2) is 14.4 Å². The zero-order valence-corrected chi connectivity index (χ0v) is 18.5. The number of aromatic nitrogens is 1. The quantitative estimate of drug-likeness (QED) is 0.696. The monoisotopic (exact) mass is 437 g/mol. The number of hydrogen-bond donors (Lipinski definition) is 2. The molecule has 32 heavy (non-hydrogen) atoms. The molecule has 2 amide bonds. The molecule has 0 radical (unpaired) electrons. The molecule has 1 aromatic heterocycles. The molecule has 168 valence electrons. The Hall–Kier alpha value is -3.42. The van der Waals surface area contributed by atoms with Gasteiger partial charge in [-0.1, -0.05) is 11.6 Å². The third-order valence-corrected chi connectivity index (χ3v) is 5.83. The third-order valence-electron chi connectivity index (χ3n) is 5.83. The second-order valence-corrected chi connectivity index (χ2v) is 8.15. The average molecular weight is 437 g/mol. The highest BCUT2D eigenvalue weighted by atomic mass is 16.5. The number of nitrogens with one attached hydrogen (secondary N) is 2. The summed E-state index contributed by atoms with van der Waals surface area (Å²) in [6.07, 6.45) is 3.63. The number of aryl methyl sites for hydroxylation is 2. The van der Waals surface area contributed by atoms with E-state index < -0.39 is 24.0 Å². The summed E-state index contributed by atoms with van der Waals surface area (Å²) >= 11 is 0. The van der Waals surface area contributed by atoms with Crippen molar-refractivity contribution >= 4 is 28.9 Å². The number of carbonyl (C=O) groups excluding carboxylic acids is 3. The van der Waals surface area contributed by atoms with Gasteiger partial charge in [0.2, 0.25) is 0 Å². The van der Waals surface area contributed by atoms with Crippen LogP contribution in [0.25, 0.3) is 10.9 Å². The van der Waals surface area contributed by atoms with E-state index in [4.69, 9.17) is 14.5 Å². The fourth-order valence-electron chi connectivity index (χ4n) is 4.37. The molecule has 1 aliphatic carbocycles. The number of pyridine rings is 1. The van der Waals surface area contributed by atoms with Crippen molar-refractivity contribution < 1.29 is 23.9 Å². The number of fused-ring (bicyclic) bond motifs is 2. The maximum Gasteiger partial charge on any atom is 0.339 e. The van der Waals surface area contributed by atoms with E-state index in [1.165, 1.54) is 0 Å². The minimum atomic E-state index is -0.561. The van der Waals surface area contributed by atoms with E-state index in [0.717, 1.165) is 53.4 Å². The maximum atomic E-state index is 13.3. The van der Waals surface area contributed by atoms with Gasteiger partial charge in [0, 0.05) is 11.1 Å². The van der Waals surface area contributed by atoms with Gasteiger partial charge in [0.25, 0.3) is 0 Å². The summed E-state index contributed by atoms with van der Waals surface area (Å²) in [5.41, 5.74) is 4.67. The van der Waals surface area contributed by atoms with Gasteiger partial charge in [-0.2, -0.15) is 0 Å². The smallest absolute Gasteiger partial charge is 0.339 e. The van der Waals surface area contributed by atoms with Crippen LogP contribution in [0.3, 0.4) is 0 Å². The molecule has 0 spiro atoms. The van der Waals surface area contributed by atoms with Crippen LogP contribution in [0.4, 0.5) is 4.79 Å². The summed E-state index contributed by atoms with van der Waals surface area (Å²) in [6, 6.07) is 4.83. The van der Waals surface area contributed by atoms with Crippen molar-refractivity contribution in [3.8, 4) is 0 Å². The summed E-state index contributed by atoms with van der Waals surface area (Å²) < 4.78 is 10.8. The number of carbonyl (C=O) groups is 3. The van der Waals surface area contributed by atoms with E-state index in [9.17, 15) is 14.4 Å². The molecule has 8 nitrogen and oxygen atoms in total. The van der Waals surface area contributed by atoms with Crippen molar-refractivity contribution in [3.63, 3.8) is 0 Å². The number of amides is 2. The van der Waals surface area contributed by atoms with Crippen molar-refractivity contribution in [2.45, 2.75) is 52.5 Å². The Morgan fingerprint density at radius 3 is 2.72 bits per heavy atom. The molecule has 1 atom stereocenters. The third kappa shape index (κ3) is 4.17. The van der Waals surface area contributed by atoms with E-state index in [0.29, 0.717) is 5.56 Å². The molecule has 1 unspecified atom stereocenters. The maximum absolute atomic E-state index is 13.3. The van der Waals surface area contributed by atoms with Crippen LogP contribution in [-0.4, -0.2) is 42.2 Å². The molecule has 2 aromatic rings. The van der Waals surface area contributed by atoms with Gasteiger partial charge in [0.15, 0.2) is 0 Å². The number of rotatable bonds is 5. The van der Waals surface area contributed by atoms with Crippen LogP contribution >= 0.6 is 0 Å². The first-order valence-corrected chi connectivity index (χ1v) is 11.0. The van der Waals surface area contributed by atoms with Crippen molar-refractivity contribution in [2.75, 3.05) is 13.2 Å². The average Bonchev–Trinajstić information content (AvgIpc) is 2.75. The van der Waals surface area contributed by atoms with Crippen molar-refractivity contribution in [2.24, 2.45) is 0 Å². The summed E-state index contributed by atoms with van der Waals surface area (Å²) in [7, 11) is 0. The van der Waals surface area contributed by atoms with E-state index in [1.807, 2.05) is 25.1 Å². The molecule has 2 heterocycles. The van der Waals surface area contributed by atoms with Crippen LogP contribution in [0, 0.1) is 6.92 Å². The summed E-state index contributed by atoms with van der Waals surface area (Å²) in [5.74, 6) is -1.04. The first-order valence-electron chi connectivity index (χ1n) is 11.0. The molecule has 0 fully saturated rings. The van der Waals surface area contributed by atoms with E-state index in [2.05, 4.69) is 10.6 Å². The van der Waals surface area contributed by atoms with Gasteiger partial charge in [0.05, 0.1) is 35.0 Å². The Balaban J connectivity index is 1.69. The fourth-order valence-corrected chi connectivity index (χ4v) is 4.37. The first kappa shape index (κ1) is 21.8. The molecule has 1 aliphatic heterocycles. The fraction of sp³-hybridized carbons (Fsp3) is 0.417. The number of urea groups is 1. The van der Waals surface area contributed by atoms with Crippen LogP contribution in [0.2, 0.25) is 0 Å². The molecule has 0 saturated carbocycles. The first-order chi connectivity index (χ1) is 15.4. The summed E-state index contributed by atoms with van der Waals surface area (Å²) in [4.78, 5) is 42.5. The Morgan fingerprint density at radius 2 is 1.94 bits per heavy atom. The topological polar surface area (TPSA) is 107 Å². The van der Waals surface area contributed by atoms with Crippen LogP contribution in [0.15, 0.2) is 29.5 Å². The SMILES string of the molecule is CCOC(=O)C1=C(COC(=O)c2c3c(nc4ccc(C)cc24)CCCC3)NC(=O)NC1C. The van der Waals surface area contributed by atoms with Crippen molar-refractivity contribution in [1.82, 2.24) is 15.6 Å². The molecule has 2 N–H and O–H groups in total. The number of nitrogens with zero attached hydrogens (tertiary/aromatic N) is 1. The predicted octanol–water partition coefficient (Wildman–Crippen LogP) is 3.10. The van der Waals surface area contributed by atoms with Crippen LogP contribution in [-0.2, 0) is 27.1 Å². The number of hydrogen-bond acceptors (Lipinski definition) is 6. The van der Waals surface area contributed by atoms with Crippen molar-refractivity contribution in [1.29, 1.82) is 0 Å². The summed E-state index contributed by atoms with van der Waals surface area (Å²) in [6.45, 7) is 5.32. The lowest BCUT2D eigenvalue weighted by molar-refractivity contribution is -0.139. The van der Waals surface area contributed by atoms with Gasteiger partial charge in [-0.3, -0.25) is 4.98 Å². The van der Waals surface area contributed by atoms with Gasteiger partial charge < -0.3 is 20.1 Å². The molecule has 0 bridgehead atoms. The Labute approximate surface area is 186 Å². The minimum absolute atomic E-state index is 0.199. The van der Waals surface area contributed by atoms with E-state index in [-0.39, 0.29) is 24.5 Å². The van der Waals surface area contributed by atoms with E-state index >= 15 is 0 Å². The highest BCUT2D eigenvalue weighted by Gasteiger charge is 2.31. The molecular weight excluding hydrogens is 410 g/mol. The standard InChI is InChI=1S/C24H27N3O5/c1-4-31-22(28)20-14(3)25-24(30)27-19(20)12-32-23(29)21-15-7-5-6-8-17(15)26-18-10-9-13(2)11-16(18)21/h9-11,14H,4-8,12H2,1-3H3,(H2,25,27,30). The highest BCUT2D eigenvalue weighted by molar-refractivity contribution is 6.05. The normalized spacial score (nSPS) is 18.0. The van der Waals surface area contributed by atoms with E-state index in [1.54, 1.807) is 13.8 Å². The number of ether oxygens (including phenoxy) is 2. The lowest BCUT2D eigenvalue weighted by atomic mass is 9.89. The lowest BCUT2D eigenvalue weighted by Gasteiger charge is -2.26. The molecule has 1 aromatic carbocycles. The van der Waals surface area contributed by atoms with Crippen LogP contribution < -0.4 is 10.6 Å². The summed E-state index contributed by atoms with van der Waals surface area (Å²) in [5, 5.41) is 5.98. The number of esters is 2. The molecular formula is C24H27N3O5. The van der Waals surface area contributed by atoms with Crippen molar-refractivity contribution in [3.05, 3.63) is 51.9 Å². The number of benzene rings is 1. The predicted molar refractivity (Wildman–Crippen MR) is 118 cm³/mol. The van der Waals surface area contributed by atoms with Gasteiger partial charge in [-0.05, 0) is 64.2 Å². The molecule has 0 saturated heterocycles. The highest BCUT2D eigenvalue weighted by Crippen LogP contribution is 2.30. The second-order valence-electron chi connectivity index (χ2n) is 8.15. The lowest BCUT2D eigenvalue weighted by Crippen LogP contribution is -2.50. The van der Waals surface area contributed by atoms with Crippen LogP contribution in [0.5, 0.6) is 0 Å². The second kappa shape index (κ2) is 8.98. The molecule has 8 heteroatoms. The zero-order valence-electron chi connectivity index (χ0n) is 18.5. The van der Waals surface area contributed by atoms with Gasteiger partial charge in [-0.15, -0.1) is 0 Å². The molecule has 2 aliphatic rings. The van der Waals surface area contributed by atoms with Gasteiger partial charge >= 0.3 is 18.0 Å². The van der Waals surface area contributed by atoms with Gasteiger partial charge in [0.1, 0.15) is 6.61 Å². The zero-order chi connectivity index (χ0) is 22.8. The molecule has 4 rings (SSSR count). The Kier molecular flexibility index (Phi) is 6.12. The Bertz CT molecular complexity index is 1140. The van der Waals surface area contributed by atoms with Crippen LogP contribution in [0.1, 0.15) is 53.9 Å². The minimum Gasteiger partial charge on any atom is -0.463 e.